The van der Waals surface area contributed by atoms with Crippen LogP contribution in [0.25, 0.3) is 10.9 Å². The predicted octanol–water partition coefficient (Wildman–Crippen LogP) is 2.80. The van der Waals surface area contributed by atoms with Gasteiger partial charge in [0.15, 0.2) is 0 Å². The van der Waals surface area contributed by atoms with E-state index in [4.69, 9.17) is 0 Å². The van der Waals surface area contributed by atoms with Gasteiger partial charge < -0.3 is 9.88 Å². The molecule has 0 unspecified atom stereocenters. The molecule has 0 saturated carbocycles. The number of rotatable bonds is 3. The molecule has 4 heteroatoms. The lowest BCUT2D eigenvalue weighted by Gasteiger charge is -2.17. The first-order valence-electron chi connectivity index (χ1n) is 7.06. The van der Waals surface area contributed by atoms with E-state index in [1.807, 2.05) is 54.6 Å². The van der Waals surface area contributed by atoms with Crippen molar-refractivity contribution in [1.29, 1.82) is 0 Å². The second-order valence-corrected chi connectivity index (χ2v) is 5.25. The Kier molecular flexibility index (Phi) is 3.74. The maximum absolute atomic E-state index is 12.5. The molecule has 3 rings (SSSR count). The Labute approximate surface area is 128 Å². The zero-order valence-electron chi connectivity index (χ0n) is 12.2. The van der Waals surface area contributed by atoms with E-state index < -0.39 is 0 Å². The van der Waals surface area contributed by atoms with Crippen molar-refractivity contribution in [3.8, 4) is 0 Å². The number of aromatic nitrogens is 1. The fraction of sp³-hybridized carbons (Fsp3) is 0.111. The fourth-order valence-corrected chi connectivity index (χ4v) is 2.44. The van der Waals surface area contributed by atoms with Crippen LogP contribution in [-0.2, 0) is 6.54 Å². The van der Waals surface area contributed by atoms with Crippen molar-refractivity contribution >= 4 is 16.8 Å². The van der Waals surface area contributed by atoms with Gasteiger partial charge in [0, 0.05) is 19.1 Å². The molecule has 0 saturated heterocycles. The molecule has 2 aromatic carbocycles. The van der Waals surface area contributed by atoms with Crippen LogP contribution in [0, 0.1) is 0 Å². The zero-order valence-corrected chi connectivity index (χ0v) is 12.2. The zero-order chi connectivity index (χ0) is 15.5. The number of hydrogen-bond donors (Lipinski definition) is 1. The lowest BCUT2D eigenvalue weighted by Crippen LogP contribution is -2.31. The van der Waals surface area contributed by atoms with Gasteiger partial charge in [0.05, 0.1) is 0 Å². The van der Waals surface area contributed by atoms with Gasteiger partial charge in [-0.1, -0.05) is 48.5 Å². The van der Waals surface area contributed by atoms with Gasteiger partial charge in [-0.15, -0.1) is 0 Å². The monoisotopic (exact) mass is 292 g/mol. The van der Waals surface area contributed by atoms with Gasteiger partial charge >= 0.3 is 0 Å². The van der Waals surface area contributed by atoms with Crippen LogP contribution in [0.3, 0.4) is 0 Å². The first-order chi connectivity index (χ1) is 10.6. The summed E-state index contributed by atoms with van der Waals surface area (Å²) in [4.78, 5) is 29.0. The topological polar surface area (TPSA) is 53.2 Å². The Morgan fingerprint density at radius 2 is 1.73 bits per heavy atom. The second kappa shape index (κ2) is 5.85. The molecule has 0 fully saturated rings. The number of benzene rings is 2. The van der Waals surface area contributed by atoms with E-state index in [2.05, 4.69) is 4.98 Å². The van der Waals surface area contributed by atoms with Crippen LogP contribution in [0.5, 0.6) is 0 Å². The van der Waals surface area contributed by atoms with Crippen molar-refractivity contribution in [2.24, 2.45) is 0 Å². The molecule has 0 aliphatic rings. The number of hydrogen-bond acceptors (Lipinski definition) is 2. The first kappa shape index (κ1) is 14.1. The number of amides is 1. The normalized spacial score (nSPS) is 10.6. The SMILES string of the molecule is CN(Cc1ccccc1)C(=O)c1cc2ccccc2[nH]c1=O. The number of carbonyl (C=O) groups is 1. The summed E-state index contributed by atoms with van der Waals surface area (Å²) in [5.41, 5.74) is 1.56. The minimum Gasteiger partial charge on any atom is -0.337 e. The Balaban J connectivity index is 1.91. The lowest BCUT2D eigenvalue weighted by molar-refractivity contribution is 0.0783. The molecule has 0 aliphatic carbocycles. The van der Waals surface area contributed by atoms with Gasteiger partial charge in [-0.2, -0.15) is 0 Å². The largest absolute Gasteiger partial charge is 0.337 e. The fourth-order valence-electron chi connectivity index (χ4n) is 2.44. The molecule has 1 N–H and O–H groups in total. The van der Waals surface area contributed by atoms with Crippen LogP contribution in [0.4, 0.5) is 0 Å². The minimum absolute atomic E-state index is 0.164. The van der Waals surface area contributed by atoms with Crippen molar-refractivity contribution in [2.75, 3.05) is 7.05 Å². The van der Waals surface area contributed by atoms with E-state index in [9.17, 15) is 9.59 Å². The van der Waals surface area contributed by atoms with Gasteiger partial charge in [0.25, 0.3) is 11.5 Å². The number of H-pyrrole nitrogens is 1. The number of nitrogens with one attached hydrogen (secondary N) is 1. The summed E-state index contributed by atoms with van der Waals surface area (Å²) in [5.74, 6) is -0.282. The molecule has 110 valence electrons. The average molecular weight is 292 g/mol. The molecule has 1 aromatic heterocycles. The Morgan fingerprint density at radius 1 is 1.05 bits per heavy atom. The quantitative estimate of drug-likeness (QED) is 0.807. The van der Waals surface area contributed by atoms with Crippen LogP contribution < -0.4 is 5.56 Å². The standard InChI is InChI=1S/C18H16N2O2/c1-20(12-13-7-3-2-4-8-13)18(22)15-11-14-9-5-6-10-16(14)19-17(15)21/h2-11H,12H2,1H3,(H,19,21). The van der Waals surface area contributed by atoms with E-state index in [1.54, 1.807) is 18.0 Å². The maximum Gasteiger partial charge on any atom is 0.261 e. The first-order valence-corrected chi connectivity index (χ1v) is 7.06. The second-order valence-electron chi connectivity index (χ2n) is 5.25. The minimum atomic E-state index is -0.358. The number of pyridine rings is 1. The summed E-state index contributed by atoms with van der Waals surface area (Å²) in [6.45, 7) is 0.464. The van der Waals surface area contributed by atoms with Crippen LogP contribution in [-0.4, -0.2) is 22.8 Å². The van der Waals surface area contributed by atoms with Crippen molar-refractivity contribution in [3.63, 3.8) is 0 Å². The molecular weight excluding hydrogens is 276 g/mol. The molecule has 1 heterocycles. The molecular formula is C18H16N2O2. The van der Waals surface area contributed by atoms with Gasteiger partial charge in [0.1, 0.15) is 5.56 Å². The van der Waals surface area contributed by atoms with E-state index in [1.165, 1.54) is 0 Å². The number of aromatic amines is 1. The molecule has 3 aromatic rings. The summed E-state index contributed by atoms with van der Waals surface area (Å²) in [6, 6.07) is 18.8. The molecule has 0 spiro atoms. The van der Waals surface area contributed by atoms with Crippen molar-refractivity contribution in [3.05, 3.63) is 82.1 Å². The number of nitrogens with zero attached hydrogens (tertiary/aromatic N) is 1. The number of carbonyl (C=O) groups excluding carboxylic acids is 1. The van der Waals surface area contributed by atoms with Crippen molar-refractivity contribution < 1.29 is 4.79 Å². The van der Waals surface area contributed by atoms with Crippen LogP contribution in [0.15, 0.2) is 65.5 Å². The highest BCUT2D eigenvalue weighted by Crippen LogP contribution is 2.12. The van der Waals surface area contributed by atoms with E-state index in [0.717, 1.165) is 16.5 Å². The van der Waals surface area contributed by atoms with Crippen LogP contribution in [0.2, 0.25) is 0 Å². The molecule has 22 heavy (non-hydrogen) atoms. The summed E-state index contributed by atoms with van der Waals surface area (Å²) in [5, 5.41) is 0.846. The highest BCUT2D eigenvalue weighted by Gasteiger charge is 2.16. The Bertz CT molecular complexity index is 869. The predicted molar refractivity (Wildman–Crippen MR) is 86.8 cm³/mol. The highest BCUT2D eigenvalue weighted by molar-refractivity contribution is 5.97. The maximum atomic E-state index is 12.5. The molecule has 0 atom stereocenters. The summed E-state index contributed by atoms with van der Waals surface area (Å²) in [7, 11) is 1.70. The molecule has 4 nitrogen and oxygen atoms in total. The molecule has 0 radical (unpaired) electrons. The molecule has 0 bridgehead atoms. The van der Waals surface area contributed by atoms with Crippen LogP contribution >= 0.6 is 0 Å². The number of para-hydroxylation sites is 1. The van der Waals surface area contributed by atoms with E-state index in [0.29, 0.717) is 6.54 Å². The van der Waals surface area contributed by atoms with E-state index in [-0.39, 0.29) is 17.0 Å². The van der Waals surface area contributed by atoms with Crippen molar-refractivity contribution in [1.82, 2.24) is 9.88 Å². The summed E-state index contributed by atoms with van der Waals surface area (Å²) >= 11 is 0. The average Bonchev–Trinajstić information content (AvgIpc) is 2.54. The lowest BCUT2D eigenvalue weighted by atomic mass is 10.1. The smallest absolute Gasteiger partial charge is 0.261 e. The highest BCUT2D eigenvalue weighted by atomic mass is 16.2. The molecule has 0 aliphatic heterocycles. The summed E-state index contributed by atoms with van der Waals surface area (Å²) in [6.07, 6.45) is 0. The number of fused-ring (bicyclic) bond motifs is 1. The third-order valence-corrected chi connectivity index (χ3v) is 3.59. The van der Waals surface area contributed by atoms with Gasteiger partial charge in [-0.05, 0) is 23.1 Å². The summed E-state index contributed by atoms with van der Waals surface area (Å²) < 4.78 is 0. The Morgan fingerprint density at radius 3 is 2.50 bits per heavy atom. The van der Waals surface area contributed by atoms with E-state index >= 15 is 0 Å². The van der Waals surface area contributed by atoms with Crippen molar-refractivity contribution in [2.45, 2.75) is 6.54 Å². The van der Waals surface area contributed by atoms with Gasteiger partial charge in [0.2, 0.25) is 0 Å². The van der Waals surface area contributed by atoms with Gasteiger partial charge in [-0.3, -0.25) is 9.59 Å². The van der Waals surface area contributed by atoms with Crippen LogP contribution in [0.1, 0.15) is 15.9 Å². The molecule has 1 amide bonds. The third kappa shape index (κ3) is 2.76. The third-order valence-electron chi connectivity index (χ3n) is 3.59. The van der Waals surface area contributed by atoms with Gasteiger partial charge in [-0.25, -0.2) is 0 Å². The Hall–Kier alpha value is -2.88.